The highest BCUT2D eigenvalue weighted by atomic mass is 32.2. The van der Waals surface area contributed by atoms with E-state index in [4.69, 9.17) is 4.74 Å². The van der Waals surface area contributed by atoms with E-state index in [1.54, 1.807) is 18.9 Å². The van der Waals surface area contributed by atoms with Gasteiger partial charge in [-0.2, -0.15) is 0 Å². The summed E-state index contributed by atoms with van der Waals surface area (Å²) in [4.78, 5) is 26.7. The standard InChI is InChI=1S/C21H30O3S/c1-14(2)17-11-10-15(3)18(21(17)23)12-20(19(22)13-24-4)25-16-8-6-5-7-9-16/h5-9,14-15,17-18,20H,10-13H2,1-4H3/t15-,17+,18?,20?/m1/s1. The first-order valence-electron chi connectivity index (χ1n) is 9.21. The van der Waals surface area contributed by atoms with Crippen molar-refractivity contribution in [3.8, 4) is 0 Å². The highest BCUT2D eigenvalue weighted by Gasteiger charge is 2.39. The van der Waals surface area contributed by atoms with Gasteiger partial charge in [0.05, 0.1) is 5.25 Å². The fourth-order valence-corrected chi connectivity index (χ4v) is 4.87. The zero-order chi connectivity index (χ0) is 18.4. The predicted octanol–water partition coefficient (Wildman–Crippen LogP) is 4.64. The van der Waals surface area contributed by atoms with Crippen LogP contribution in [-0.4, -0.2) is 30.5 Å². The second-order valence-corrected chi connectivity index (χ2v) is 8.74. The Kier molecular flexibility index (Phi) is 7.70. The summed E-state index contributed by atoms with van der Waals surface area (Å²) in [5.41, 5.74) is 0. The number of Topliss-reactive ketones (excluding diaryl/α,β-unsaturated/α-hetero) is 2. The maximum atomic E-state index is 13.0. The summed E-state index contributed by atoms with van der Waals surface area (Å²) >= 11 is 1.56. The Morgan fingerprint density at radius 2 is 1.92 bits per heavy atom. The van der Waals surface area contributed by atoms with Crippen molar-refractivity contribution in [2.75, 3.05) is 13.7 Å². The quantitative estimate of drug-likeness (QED) is 0.632. The van der Waals surface area contributed by atoms with Gasteiger partial charge in [-0.15, -0.1) is 11.8 Å². The molecular weight excluding hydrogens is 332 g/mol. The fraction of sp³-hybridized carbons (Fsp3) is 0.619. The third-order valence-corrected chi connectivity index (χ3v) is 6.57. The van der Waals surface area contributed by atoms with Crippen molar-refractivity contribution < 1.29 is 14.3 Å². The number of carbonyl (C=O) groups is 2. The zero-order valence-electron chi connectivity index (χ0n) is 15.7. The summed E-state index contributed by atoms with van der Waals surface area (Å²) in [6.07, 6.45) is 2.67. The molecule has 0 heterocycles. The van der Waals surface area contributed by atoms with Gasteiger partial charge in [0.15, 0.2) is 5.78 Å². The maximum Gasteiger partial charge on any atom is 0.171 e. The Balaban J connectivity index is 2.16. The Morgan fingerprint density at radius 3 is 2.52 bits per heavy atom. The second-order valence-electron chi connectivity index (χ2n) is 7.47. The third kappa shape index (κ3) is 5.42. The van der Waals surface area contributed by atoms with Gasteiger partial charge in [-0.25, -0.2) is 0 Å². The molecule has 1 aromatic carbocycles. The van der Waals surface area contributed by atoms with Crippen LogP contribution in [0, 0.1) is 23.7 Å². The molecule has 0 aliphatic heterocycles. The number of benzene rings is 1. The van der Waals surface area contributed by atoms with Crippen molar-refractivity contribution in [1.29, 1.82) is 0 Å². The summed E-state index contributed by atoms with van der Waals surface area (Å²) in [5, 5.41) is -0.232. The third-order valence-electron chi connectivity index (χ3n) is 5.29. The molecule has 138 valence electrons. The lowest BCUT2D eigenvalue weighted by Crippen LogP contribution is -2.39. The smallest absolute Gasteiger partial charge is 0.171 e. The second kappa shape index (κ2) is 9.54. The van der Waals surface area contributed by atoms with Crippen molar-refractivity contribution in [1.82, 2.24) is 0 Å². The monoisotopic (exact) mass is 362 g/mol. The number of ketones is 2. The lowest BCUT2D eigenvalue weighted by Gasteiger charge is -2.36. The molecule has 0 bridgehead atoms. The van der Waals surface area contributed by atoms with Gasteiger partial charge in [0.1, 0.15) is 12.4 Å². The maximum absolute atomic E-state index is 13.0. The van der Waals surface area contributed by atoms with Gasteiger partial charge < -0.3 is 4.74 Å². The molecule has 1 saturated carbocycles. The van der Waals surface area contributed by atoms with E-state index in [0.717, 1.165) is 17.7 Å². The van der Waals surface area contributed by atoms with Gasteiger partial charge in [0.2, 0.25) is 0 Å². The molecule has 1 aliphatic rings. The number of methoxy groups -OCH3 is 1. The highest BCUT2D eigenvalue weighted by molar-refractivity contribution is 8.00. The van der Waals surface area contributed by atoms with Crippen LogP contribution in [0.4, 0.5) is 0 Å². The van der Waals surface area contributed by atoms with Gasteiger partial charge in [0.25, 0.3) is 0 Å². The molecule has 2 unspecified atom stereocenters. The number of carbonyl (C=O) groups excluding carboxylic acids is 2. The van der Waals surface area contributed by atoms with Crippen LogP contribution in [0.2, 0.25) is 0 Å². The molecule has 4 atom stereocenters. The van der Waals surface area contributed by atoms with Crippen LogP contribution in [-0.2, 0) is 14.3 Å². The average molecular weight is 363 g/mol. The van der Waals surface area contributed by atoms with Gasteiger partial charge in [-0.3, -0.25) is 9.59 Å². The van der Waals surface area contributed by atoms with E-state index >= 15 is 0 Å². The average Bonchev–Trinajstić information content (AvgIpc) is 2.58. The molecule has 4 heteroatoms. The molecule has 0 amide bonds. The van der Waals surface area contributed by atoms with Crippen molar-refractivity contribution in [2.45, 2.75) is 50.2 Å². The highest BCUT2D eigenvalue weighted by Crippen LogP contribution is 2.39. The molecule has 1 aromatic rings. The molecule has 0 radical (unpaired) electrons. The van der Waals surface area contributed by atoms with E-state index in [2.05, 4.69) is 20.8 Å². The zero-order valence-corrected chi connectivity index (χ0v) is 16.6. The first-order valence-corrected chi connectivity index (χ1v) is 10.1. The first kappa shape index (κ1) is 20.2. The molecule has 3 nitrogen and oxygen atoms in total. The van der Waals surface area contributed by atoms with Crippen LogP contribution in [0.25, 0.3) is 0 Å². The Hall–Kier alpha value is -1.13. The van der Waals surface area contributed by atoms with Crippen LogP contribution < -0.4 is 0 Å². The summed E-state index contributed by atoms with van der Waals surface area (Å²) in [6.45, 7) is 6.52. The summed E-state index contributed by atoms with van der Waals surface area (Å²) < 4.78 is 5.08. The van der Waals surface area contributed by atoms with Crippen molar-refractivity contribution in [3.63, 3.8) is 0 Å². The fourth-order valence-electron chi connectivity index (χ4n) is 3.73. The Morgan fingerprint density at radius 1 is 1.24 bits per heavy atom. The van der Waals surface area contributed by atoms with E-state index < -0.39 is 0 Å². The van der Waals surface area contributed by atoms with Crippen molar-refractivity contribution in [2.24, 2.45) is 23.7 Å². The molecule has 0 N–H and O–H groups in total. The molecule has 1 fully saturated rings. The normalized spacial score (nSPS) is 25.2. The number of hydrogen-bond donors (Lipinski definition) is 0. The number of hydrogen-bond acceptors (Lipinski definition) is 4. The molecule has 25 heavy (non-hydrogen) atoms. The number of rotatable bonds is 8. The molecule has 2 rings (SSSR count). The van der Waals surface area contributed by atoms with E-state index in [0.29, 0.717) is 24.0 Å². The van der Waals surface area contributed by atoms with Crippen LogP contribution in [0.5, 0.6) is 0 Å². The summed E-state index contributed by atoms with van der Waals surface area (Å²) in [5.74, 6) is 1.26. The SMILES string of the molecule is COCC(=O)C(CC1C(=O)[C@H](C(C)C)CC[C@H]1C)Sc1ccccc1. The van der Waals surface area contributed by atoms with Gasteiger partial charge in [-0.05, 0) is 43.2 Å². The van der Waals surface area contributed by atoms with E-state index in [1.807, 2.05) is 30.3 Å². The first-order chi connectivity index (χ1) is 11.9. The van der Waals surface area contributed by atoms with Crippen LogP contribution >= 0.6 is 11.8 Å². The number of thioether (sulfide) groups is 1. The van der Waals surface area contributed by atoms with Gasteiger partial charge >= 0.3 is 0 Å². The summed E-state index contributed by atoms with van der Waals surface area (Å²) in [7, 11) is 1.55. The molecule has 0 saturated heterocycles. The largest absolute Gasteiger partial charge is 0.377 e. The number of ether oxygens (including phenoxy) is 1. The minimum atomic E-state index is -0.232. The lowest BCUT2D eigenvalue weighted by atomic mass is 9.68. The predicted molar refractivity (Wildman–Crippen MR) is 103 cm³/mol. The van der Waals surface area contributed by atoms with E-state index in [-0.39, 0.29) is 29.5 Å². The van der Waals surface area contributed by atoms with Crippen LogP contribution in [0.15, 0.2) is 35.2 Å². The van der Waals surface area contributed by atoms with Gasteiger partial charge in [-0.1, -0.05) is 39.0 Å². The molecular formula is C21H30O3S. The van der Waals surface area contributed by atoms with E-state index in [1.165, 1.54) is 0 Å². The van der Waals surface area contributed by atoms with E-state index in [9.17, 15) is 9.59 Å². The lowest BCUT2D eigenvalue weighted by molar-refractivity contribution is -0.133. The summed E-state index contributed by atoms with van der Waals surface area (Å²) in [6, 6.07) is 9.95. The molecule has 1 aliphatic carbocycles. The Labute approximate surface area is 155 Å². The van der Waals surface area contributed by atoms with Crippen LogP contribution in [0.3, 0.4) is 0 Å². The minimum absolute atomic E-state index is 0.0248. The van der Waals surface area contributed by atoms with Gasteiger partial charge in [0, 0.05) is 23.8 Å². The Bertz CT molecular complexity index is 570. The van der Waals surface area contributed by atoms with Crippen molar-refractivity contribution in [3.05, 3.63) is 30.3 Å². The molecule has 0 aromatic heterocycles. The topological polar surface area (TPSA) is 43.4 Å². The van der Waals surface area contributed by atoms with Crippen molar-refractivity contribution >= 4 is 23.3 Å². The van der Waals surface area contributed by atoms with Crippen LogP contribution in [0.1, 0.15) is 40.0 Å². The molecule has 0 spiro atoms. The minimum Gasteiger partial charge on any atom is -0.377 e.